The van der Waals surface area contributed by atoms with E-state index in [1.807, 2.05) is 11.8 Å². The number of para-hydroxylation sites is 1. The molecule has 1 unspecified atom stereocenters. The molecular weight excluding hydrogens is 601 g/mol. The maximum absolute atomic E-state index is 5.27. The highest BCUT2D eigenvalue weighted by Crippen LogP contribution is 2.58. The van der Waals surface area contributed by atoms with E-state index in [1.54, 1.807) is 0 Å². The van der Waals surface area contributed by atoms with Crippen molar-refractivity contribution in [1.29, 1.82) is 0 Å². The van der Waals surface area contributed by atoms with Crippen LogP contribution in [0.1, 0.15) is 10.9 Å². The van der Waals surface area contributed by atoms with Crippen LogP contribution in [0.2, 0.25) is 0 Å². The van der Waals surface area contributed by atoms with Crippen molar-refractivity contribution in [3.63, 3.8) is 0 Å². The third-order valence-electron chi connectivity index (χ3n) is 9.21. The van der Waals surface area contributed by atoms with Gasteiger partial charge in [-0.2, -0.15) is 0 Å². The minimum atomic E-state index is 0.0832. The van der Waals surface area contributed by atoms with Gasteiger partial charge in [-0.05, 0) is 103 Å². The van der Waals surface area contributed by atoms with Gasteiger partial charge in [-0.1, -0.05) is 139 Å². The Labute approximate surface area is 285 Å². The average Bonchev–Trinajstić information content (AvgIpc) is 3.61. The average molecular weight is 632 g/mol. The largest absolute Gasteiger partial charge is 0.668 e. The van der Waals surface area contributed by atoms with Crippen LogP contribution >= 0.6 is 11.8 Å². The van der Waals surface area contributed by atoms with Gasteiger partial charge in [0.05, 0.1) is 0 Å². The van der Waals surface area contributed by atoms with Gasteiger partial charge < -0.3 is 10.2 Å². The highest BCUT2D eigenvalue weighted by molar-refractivity contribution is 8.00. The van der Waals surface area contributed by atoms with Crippen molar-refractivity contribution in [3.05, 3.63) is 193 Å². The highest BCUT2D eigenvalue weighted by atomic mass is 32.2. The highest BCUT2D eigenvalue weighted by Gasteiger charge is 2.17. The summed E-state index contributed by atoms with van der Waals surface area (Å²) in [5.74, 6) is 0. The number of benzene rings is 8. The third kappa shape index (κ3) is 5.19. The summed E-state index contributed by atoms with van der Waals surface area (Å²) in [4.78, 5) is 3.56. The fourth-order valence-corrected chi connectivity index (χ4v) is 7.90. The monoisotopic (exact) mass is 631 g/mol. The summed E-state index contributed by atoms with van der Waals surface area (Å²) >= 11 is 1.84. The van der Waals surface area contributed by atoms with Crippen molar-refractivity contribution in [3.8, 4) is 22.3 Å². The lowest BCUT2D eigenvalue weighted by molar-refractivity contribution is 1.21. The number of thioether (sulfide) groups is 1. The maximum Gasteiger partial charge on any atom is 0.0462 e. The van der Waals surface area contributed by atoms with E-state index in [4.69, 9.17) is 5.32 Å². The lowest BCUT2D eigenvalue weighted by Crippen LogP contribution is -2.09. The van der Waals surface area contributed by atoms with E-state index in [9.17, 15) is 0 Å². The van der Waals surface area contributed by atoms with E-state index in [0.29, 0.717) is 0 Å². The topological polar surface area (TPSA) is 17.3 Å². The lowest BCUT2D eigenvalue weighted by Gasteiger charge is -2.26. The quantitative estimate of drug-likeness (QED) is 0.170. The number of hydrogen-bond acceptors (Lipinski definition) is 2. The minimum Gasteiger partial charge on any atom is -0.668 e. The molecular formula is C45H31N2S-. The van der Waals surface area contributed by atoms with Crippen molar-refractivity contribution < 1.29 is 0 Å². The molecule has 2 nitrogen and oxygen atoms in total. The smallest absolute Gasteiger partial charge is 0.0462 e. The van der Waals surface area contributed by atoms with Crippen LogP contribution in [0.4, 0.5) is 22.7 Å². The first kappa shape index (κ1) is 28.5. The standard InChI is InChI=1S/C45H31N2S/c1-4-10-31(11-5-1)32-20-25-39(26-21-32)47(38-14-8-3-9-15-38)40-27-22-33(23-28-40)37-19-17-34-16-18-35-24-29-42-44(43(35)41(34)30-37)46-45(48-42)36-12-6-2-7-13-36/h1-30,45H/q-1. The number of fused-ring (bicyclic) bond motifs is 5. The maximum atomic E-state index is 5.27. The van der Waals surface area contributed by atoms with Gasteiger partial charge in [-0.15, -0.1) is 17.4 Å². The van der Waals surface area contributed by atoms with E-state index >= 15 is 0 Å². The molecule has 0 amide bonds. The summed E-state index contributed by atoms with van der Waals surface area (Å²) in [6.45, 7) is 0. The molecule has 0 aromatic heterocycles. The van der Waals surface area contributed by atoms with Crippen LogP contribution in [0.5, 0.6) is 0 Å². The third-order valence-corrected chi connectivity index (χ3v) is 10.4. The molecule has 0 spiro atoms. The summed E-state index contributed by atoms with van der Waals surface area (Å²) in [6.07, 6.45) is 0. The van der Waals surface area contributed by atoms with Gasteiger partial charge in [0, 0.05) is 17.1 Å². The fraction of sp³-hybridized carbons (Fsp3) is 0.0222. The summed E-state index contributed by atoms with van der Waals surface area (Å²) in [5, 5.41) is 10.3. The van der Waals surface area contributed by atoms with Gasteiger partial charge in [0.15, 0.2) is 0 Å². The minimum absolute atomic E-state index is 0.0832. The van der Waals surface area contributed by atoms with Crippen LogP contribution in [0, 0.1) is 0 Å². The normalized spacial score (nSPS) is 13.7. The zero-order chi connectivity index (χ0) is 31.9. The molecule has 0 saturated heterocycles. The van der Waals surface area contributed by atoms with E-state index in [-0.39, 0.29) is 5.37 Å². The molecule has 0 N–H and O–H groups in total. The molecule has 1 aliphatic rings. The summed E-state index contributed by atoms with van der Waals surface area (Å²) < 4.78 is 0. The van der Waals surface area contributed by atoms with Gasteiger partial charge in [0.25, 0.3) is 0 Å². The molecule has 0 radical (unpaired) electrons. The summed E-state index contributed by atoms with van der Waals surface area (Å²) in [7, 11) is 0. The van der Waals surface area contributed by atoms with Gasteiger partial charge >= 0.3 is 0 Å². The Morgan fingerprint density at radius 2 is 0.938 bits per heavy atom. The van der Waals surface area contributed by atoms with Gasteiger partial charge in [-0.25, -0.2) is 0 Å². The molecule has 9 rings (SSSR count). The Kier molecular flexibility index (Phi) is 7.18. The molecule has 0 fully saturated rings. The van der Waals surface area contributed by atoms with E-state index in [0.717, 1.165) is 22.7 Å². The van der Waals surface area contributed by atoms with Crippen molar-refractivity contribution in [1.82, 2.24) is 0 Å². The van der Waals surface area contributed by atoms with Crippen LogP contribution in [0.3, 0.4) is 0 Å². The second kappa shape index (κ2) is 12.1. The molecule has 1 atom stereocenters. The molecule has 0 aliphatic carbocycles. The van der Waals surface area contributed by atoms with Gasteiger partial charge in [-0.3, -0.25) is 0 Å². The summed E-state index contributed by atoms with van der Waals surface area (Å²) in [5.41, 5.74) is 10.5. The molecule has 0 saturated carbocycles. The van der Waals surface area contributed by atoms with Crippen molar-refractivity contribution in [2.75, 3.05) is 4.90 Å². The van der Waals surface area contributed by atoms with E-state index in [1.165, 1.54) is 54.3 Å². The zero-order valence-electron chi connectivity index (χ0n) is 26.2. The molecule has 228 valence electrons. The van der Waals surface area contributed by atoms with Crippen molar-refractivity contribution >= 4 is 56.1 Å². The lowest BCUT2D eigenvalue weighted by atomic mass is 9.96. The van der Waals surface area contributed by atoms with Crippen LogP contribution < -0.4 is 4.90 Å². The molecule has 3 heteroatoms. The first-order valence-corrected chi connectivity index (χ1v) is 17.2. The van der Waals surface area contributed by atoms with Gasteiger partial charge in [0.1, 0.15) is 0 Å². The number of anilines is 3. The van der Waals surface area contributed by atoms with Crippen LogP contribution in [0.15, 0.2) is 187 Å². The van der Waals surface area contributed by atoms with Gasteiger partial charge in [0.2, 0.25) is 0 Å². The molecule has 0 bridgehead atoms. The van der Waals surface area contributed by atoms with Crippen LogP contribution in [0.25, 0.3) is 49.1 Å². The predicted octanol–water partition coefficient (Wildman–Crippen LogP) is 13.6. The Bertz CT molecular complexity index is 2370. The zero-order valence-corrected chi connectivity index (χ0v) is 27.0. The predicted molar refractivity (Wildman–Crippen MR) is 205 cm³/mol. The second-order valence-electron chi connectivity index (χ2n) is 12.2. The molecule has 1 aliphatic heterocycles. The van der Waals surface area contributed by atoms with E-state index < -0.39 is 0 Å². The fourth-order valence-electron chi connectivity index (χ4n) is 6.80. The Morgan fingerprint density at radius 3 is 1.62 bits per heavy atom. The first-order valence-electron chi connectivity index (χ1n) is 16.3. The summed E-state index contributed by atoms with van der Waals surface area (Å²) in [6, 6.07) is 65.3. The van der Waals surface area contributed by atoms with E-state index in [2.05, 4.69) is 187 Å². The number of rotatable bonds is 6. The first-order chi connectivity index (χ1) is 23.8. The SMILES string of the molecule is c1ccc(-c2ccc(N(c3ccccc3)c3ccc(-c4ccc5ccc6ccc7c(c6c5c4)[N-]C(c4ccccc4)S7)cc3)cc2)cc1. The molecule has 1 heterocycles. The molecule has 8 aromatic rings. The number of nitrogens with zero attached hydrogens (tertiary/aromatic N) is 2. The Morgan fingerprint density at radius 1 is 0.438 bits per heavy atom. The molecule has 8 aromatic carbocycles. The Hall–Kier alpha value is -5.77. The van der Waals surface area contributed by atoms with Crippen LogP contribution in [-0.2, 0) is 0 Å². The van der Waals surface area contributed by atoms with Crippen molar-refractivity contribution in [2.24, 2.45) is 0 Å². The molecule has 48 heavy (non-hydrogen) atoms. The number of hydrogen-bond donors (Lipinski definition) is 0. The van der Waals surface area contributed by atoms with Crippen molar-refractivity contribution in [2.45, 2.75) is 10.3 Å². The van der Waals surface area contributed by atoms with Crippen LogP contribution in [-0.4, -0.2) is 0 Å². The second-order valence-corrected chi connectivity index (χ2v) is 13.3. The Balaban J connectivity index is 1.08.